The van der Waals surface area contributed by atoms with E-state index in [1.165, 1.54) is 18.9 Å². The van der Waals surface area contributed by atoms with Gasteiger partial charge in [0.25, 0.3) is 5.69 Å². The van der Waals surface area contributed by atoms with Crippen LogP contribution in [0, 0.1) is 23.0 Å². The number of benzene rings is 1. The molecule has 0 aromatic heterocycles. The van der Waals surface area contributed by atoms with Crippen molar-refractivity contribution in [3.05, 3.63) is 33.9 Å². The van der Waals surface area contributed by atoms with Crippen molar-refractivity contribution < 1.29 is 9.72 Å². The fourth-order valence-corrected chi connectivity index (χ4v) is 3.70. The van der Waals surface area contributed by atoms with Gasteiger partial charge in [-0.05, 0) is 38.3 Å². The number of nitro groups is 1. The van der Waals surface area contributed by atoms with Crippen molar-refractivity contribution in [2.24, 2.45) is 5.92 Å². The molecule has 6 heteroatoms. The topological polar surface area (TPSA) is 75.5 Å². The average molecular weight is 317 g/mol. The summed E-state index contributed by atoms with van der Waals surface area (Å²) < 4.78 is 0. The molecule has 3 rings (SSSR count). The van der Waals surface area contributed by atoms with Crippen LogP contribution in [0.5, 0.6) is 0 Å². The zero-order valence-corrected chi connectivity index (χ0v) is 13.5. The Morgan fingerprint density at radius 2 is 2.04 bits per heavy atom. The number of aryl methyl sites for hydroxylation is 1. The van der Waals surface area contributed by atoms with Crippen molar-refractivity contribution in [3.8, 4) is 0 Å². The standard InChI is InChI=1S/C17H23N3O3/c1-12-10-14(6-7-16(12)20(22)23)18-15-8-9-19(11-15)17(21)13-4-2-3-5-13/h6-7,10,13,15,18H,2-5,8-9,11H2,1H3. The van der Waals surface area contributed by atoms with Crippen molar-refractivity contribution in [1.82, 2.24) is 4.90 Å². The van der Waals surface area contributed by atoms with Gasteiger partial charge in [0.1, 0.15) is 0 Å². The third-order valence-corrected chi connectivity index (χ3v) is 4.97. The zero-order valence-electron chi connectivity index (χ0n) is 13.5. The van der Waals surface area contributed by atoms with Crippen LogP contribution in [0.2, 0.25) is 0 Å². The summed E-state index contributed by atoms with van der Waals surface area (Å²) in [5.41, 5.74) is 1.67. The second-order valence-corrected chi connectivity index (χ2v) is 6.65. The average Bonchev–Trinajstić information content (AvgIpc) is 3.17. The van der Waals surface area contributed by atoms with Crippen molar-refractivity contribution in [2.45, 2.75) is 45.1 Å². The Morgan fingerprint density at radius 3 is 2.70 bits per heavy atom. The molecule has 0 radical (unpaired) electrons. The number of rotatable bonds is 4. The Balaban J connectivity index is 1.58. The monoisotopic (exact) mass is 317 g/mol. The molecule has 124 valence electrons. The molecule has 1 saturated heterocycles. The molecular formula is C17H23N3O3. The van der Waals surface area contributed by atoms with Gasteiger partial charge in [-0.25, -0.2) is 0 Å². The zero-order chi connectivity index (χ0) is 16.4. The Hall–Kier alpha value is -2.11. The first-order chi connectivity index (χ1) is 11.0. The molecule has 1 N–H and O–H groups in total. The van der Waals surface area contributed by atoms with Gasteiger partial charge in [0, 0.05) is 42.4 Å². The molecule has 2 aliphatic rings. The van der Waals surface area contributed by atoms with Crippen LogP contribution in [0.15, 0.2) is 18.2 Å². The molecule has 1 atom stereocenters. The number of anilines is 1. The number of nitrogens with one attached hydrogen (secondary N) is 1. The molecule has 1 aliphatic heterocycles. The molecule has 0 spiro atoms. The summed E-state index contributed by atoms with van der Waals surface area (Å²) in [4.78, 5) is 24.9. The predicted molar refractivity (Wildman–Crippen MR) is 88.4 cm³/mol. The molecule has 23 heavy (non-hydrogen) atoms. The minimum atomic E-state index is -0.364. The van der Waals surface area contributed by atoms with Gasteiger partial charge in [-0.15, -0.1) is 0 Å². The maximum absolute atomic E-state index is 12.4. The summed E-state index contributed by atoms with van der Waals surface area (Å²) in [7, 11) is 0. The van der Waals surface area contributed by atoms with Crippen molar-refractivity contribution in [1.29, 1.82) is 0 Å². The Morgan fingerprint density at radius 1 is 1.30 bits per heavy atom. The lowest BCUT2D eigenvalue weighted by molar-refractivity contribution is -0.385. The van der Waals surface area contributed by atoms with E-state index >= 15 is 0 Å². The van der Waals surface area contributed by atoms with E-state index in [2.05, 4.69) is 5.32 Å². The number of amides is 1. The molecule has 1 saturated carbocycles. The third kappa shape index (κ3) is 3.46. The van der Waals surface area contributed by atoms with E-state index in [0.717, 1.165) is 38.0 Å². The van der Waals surface area contributed by atoms with Crippen molar-refractivity contribution >= 4 is 17.3 Å². The number of likely N-dealkylation sites (tertiary alicyclic amines) is 1. The second kappa shape index (κ2) is 6.56. The third-order valence-electron chi connectivity index (χ3n) is 4.97. The van der Waals surface area contributed by atoms with Crippen LogP contribution in [0.4, 0.5) is 11.4 Å². The van der Waals surface area contributed by atoms with Gasteiger partial charge in [-0.1, -0.05) is 12.8 Å². The van der Waals surface area contributed by atoms with Gasteiger partial charge in [0.15, 0.2) is 0 Å². The van der Waals surface area contributed by atoms with Gasteiger partial charge in [0.05, 0.1) is 4.92 Å². The lowest BCUT2D eigenvalue weighted by atomic mass is 10.1. The largest absolute Gasteiger partial charge is 0.380 e. The maximum Gasteiger partial charge on any atom is 0.272 e. The summed E-state index contributed by atoms with van der Waals surface area (Å²) in [6.45, 7) is 3.28. The number of carbonyl (C=O) groups excluding carboxylic acids is 1. The van der Waals surface area contributed by atoms with Gasteiger partial charge in [-0.2, -0.15) is 0 Å². The fourth-order valence-electron chi connectivity index (χ4n) is 3.70. The van der Waals surface area contributed by atoms with Crippen molar-refractivity contribution in [3.63, 3.8) is 0 Å². The fraction of sp³-hybridized carbons (Fsp3) is 0.588. The van der Waals surface area contributed by atoms with E-state index in [9.17, 15) is 14.9 Å². The highest BCUT2D eigenvalue weighted by Crippen LogP contribution is 2.29. The van der Waals surface area contributed by atoms with Crippen molar-refractivity contribution in [2.75, 3.05) is 18.4 Å². The van der Waals surface area contributed by atoms with Crippen LogP contribution in [0.25, 0.3) is 0 Å². The number of carbonyl (C=O) groups is 1. The molecule has 6 nitrogen and oxygen atoms in total. The second-order valence-electron chi connectivity index (χ2n) is 6.65. The molecule has 1 aromatic carbocycles. The number of nitrogens with zero attached hydrogens (tertiary/aromatic N) is 2. The Kier molecular flexibility index (Phi) is 4.50. The highest BCUT2D eigenvalue weighted by molar-refractivity contribution is 5.79. The van der Waals surface area contributed by atoms with Crippen LogP contribution < -0.4 is 5.32 Å². The van der Waals surface area contributed by atoms with Gasteiger partial charge in [-0.3, -0.25) is 14.9 Å². The minimum Gasteiger partial charge on any atom is -0.380 e. The molecule has 1 unspecified atom stereocenters. The lowest BCUT2D eigenvalue weighted by Crippen LogP contribution is -2.35. The maximum atomic E-state index is 12.4. The normalized spacial score (nSPS) is 21.6. The van der Waals surface area contributed by atoms with Gasteiger partial charge in [0.2, 0.25) is 5.91 Å². The molecule has 0 bridgehead atoms. The van der Waals surface area contributed by atoms with Crippen LogP contribution in [-0.4, -0.2) is 34.9 Å². The van der Waals surface area contributed by atoms with E-state index in [1.807, 2.05) is 4.90 Å². The molecule has 1 aliphatic carbocycles. The molecule has 1 aromatic rings. The molecule has 2 fully saturated rings. The van der Waals surface area contributed by atoms with Gasteiger partial charge < -0.3 is 10.2 Å². The molecular weight excluding hydrogens is 294 g/mol. The molecule has 1 amide bonds. The summed E-state index contributed by atoms with van der Waals surface area (Å²) in [5, 5.41) is 14.3. The van der Waals surface area contributed by atoms with Crippen LogP contribution in [0.1, 0.15) is 37.7 Å². The van der Waals surface area contributed by atoms with Crippen LogP contribution >= 0.6 is 0 Å². The minimum absolute atomic E-state index is 0.139. The van der Waals surface area contributed by atoms with E-state index < -0.39 is 0 Å². The summed E-state index contributed by atoms with van der Waals surface area (Å²) in [6.07, 6.45) is 5.35. The quantitative estimate of drug-likeness (QED) is 0.684. The smallest absolute Gasteiger partial charge is 0.272 e. The number of hydrogen-bond acceptors (Lipinski definition) is 4. The van der Waals surface area contributed by atoms with E-state index in [-0.39, 0.29) is 22.6 Å². The van der Waals surface area contributed by atoms with E-state index in [0.29, 0.717) is 11.5 Å². The first-order valence-electron chi connectivity index (χ1n) is 8.35. The summed E-state index contributed by atoms with van der Waals surface area (Å²) >= 11 is 0. The number of nitro benzene ring substituents is 1. The summed E-state index contributed by atoms with van der Waals surface area (Å²) in [6, 6.07) is 5.31. The summed E-state index contributed by atoms with van der Waals surface area (Å²) in [5.74, 6) is 0.544. The first-order valence-corrected chi connectivity index (χ1v) is 8.35. The highest BCUT2D eigenvalue weighted by Gasteiger charge is 2.32. The highest BCUT2D eigenvalue weighted by atomic mass is 16.6. The van der Waals surface area contributed by atoms with E-state index in [1.54, 1.807) is 19.1 Å². The predicted octanol–water partition coefficient (Wildman–Crippen LogP) is 3.11. The Labute approximate surface area is 136 Å². The Bertz CT molecular complexity index is 611. The first kappa shape index (κ1) is 15.8. The lowest BCUT2D eigenvalue weighted by Gasteiger charge is -2.21. The van der Waals surface area contributed by atoms with Crippen LogP contribution in [-0.2, 0) is 4.79 Å². The van der Waals surface area contributed by atoms with Crippen LogP contribution in [0.3, 0.4) is 0 Å². The SMILES string of the molecule is Cc1cc(NC2CCN(C(=O)C3CCCC3)C2)ccc1[N+](=O)[O-]. The van der Waals surface area contributed by atoms with Gasteiger partial charge >= 0.3 is 0 Å². The van der Waals surface area contributed by atoms with E-state index in [4.69, 9.17) is 0 Å². The molecule has 1 heterocycles. The number of hydrogen-bond donors (Lipinski definition) is 1.